The summed E-state index contributed by atoms with van der Waals surface area (Å²) < 4.78 is 1.25. The van der Waals surface area contributed by atoms with Crippen LogP contribution in [0.1, 0.15) is 51.1 Å². The number of hydrogen-bond donors (Lipinski definition) is 1. The van der Waals surface area contributed by atoms with E-state index in [1.165, 1.54) is 11.8 Å². The van der Waals surface area contributed by atoms with Crippen molar-refractivity contribution in [2.24, 2.45) is 0 Å². The zero-order valence-corrected chi connectivity index (χ0v) is 22.0. The summed E-state index contributed by atoms with van der Waals surface area (Å²) in [6.45, 7) is 4.66. The molecule has 1 unspecified atom stereocenters. The van der Waals surface area contributed by atoms with Crippen molar-refractivity contribution >= 4 is 46.1 Å². The molecule has 1 fully saturated rings. The van der Waals surface area contributed by atoms with E-state index in [2.05, 4.69) is 0 Å². The number of ketones is 1. The minimum absolute atomic E-state index is 0.0622. The van der Waals surface area contributed by atoms with Crippen LogP contribution >= 0.6 is 24.0 Å². The third-order valence-electron chi connectivity index (χ3n) is 6.24. The van der Waals surface area contributed by atoms with Gasteiger partial charge in [0.2, 0.25) is 5.88 Å². The van der Waals surface area contributed by atoms with Gasteiger partial charge in [-0.1, -0.05) is 84.1 Å². The number of amides is 1. The molecule has 9 heteroatoms. The van der Waals surface area contributed by atoms with Crippen molar-refractivity contribution in [1.29, 1.82) is 5.26 Å². The highest BCUT2D eigenvalue weighted by molar-refractivity contribution is 8.26. The van der Waals surface area contributed by atoms with Gasteiger partial charge in [0.1, 0.15) is 16.0 Å². The first kappa shape index (κ1) is 26.1. The average Bonchev–Trinajstić information content (AvgIpc) is 3.13. The number of Topliss-reactive ketones (excluding diaryl/α,β-unsaturated/α-hetero) is 1. The molecule has 1 atom stereocenters. The fourth-order valence-corrected chi connectivity index (χ4v) is 5.42. The van der Waals surface area contributed by atoms with Gasteiger partial charge in [-0.05, 0) is 43.5 Å². The van der Waals surface area contributed by atoms with Gasteiger partial charge in [-0.25, -0.2) is 0 Å². The lowest BCUT2D eigenvalue weighted by Crippen LogP contribution is -2.35. The highest BCUT2D eigenvalue weighted by Crippen LogP contribution is 2.34. The predicted octanol–water partition coefficient (Wildman–Crippen LogP) is 4.74. The Balaban J connectivity index is 1.70. The van der Waals surface area contributed by atoms with Gasteiger partial charge in [0.15, 0.2) is 5.78 Å². The van der Waals surface area contributed by atoms with E-state index in [4.69, 9.17) is 12.2 Å². The number of thiocarbonyl (C=S) groups is 1. The van der Waals surface area contributed by atoms with Crippen LogP contribution in [-0.4, -0.2) is 37.1 Å². The lowest BCUT2D eigenvalue weighted by atomic mass is 9.99. The van der Waals surface area contributed by atoms with Crippen LogP contribution in [0.2, 0.25) is 0 Å². The second-order valence-electron chi connectivity index (χ2n) is 8.67. The van der Waals surface area contributed by atoms with Crippen LogP contribution in [0.5, 0.6) is 5.88 Å². The number of carbonyl (C=O) groups excluding carboxylic acids is 2. The Kier molecular flexibility index (Phi) is 7.43. The molecule has 0 spiro atoms. The van der Waals surface area contributed by atoms with Crippen LogP contribution < -0.4 is 5.56 Å². The number of nitrogens with zero attached hydrogens (tertiary/aromatic N) is 3. The van der Waals surface area contributed by atoms with Gasteiger partial charge in [-0.3, -0.25) is 23.9 Å². The van der Waals surface area contributed by atoms with Crippen LogP contribution in [0.4, 0.5) is 0 Å². The maximum absolute atomic E-state index is 13.5. The molecule has 1 saturated heterocycles. The zero-order chi connectivity index (χ0) is 26.9. The van der Waals surface area contributed by atoms with E-state index in [1.807, 2.05) is 43.3 Å². The number of benzene rings is 2. The number of aromatic hydroxyl groups is 1. The third-order valence-corrected chi connectivity index (χ3v) is 7.62. The minimum atomic E-state index is -0.697. The lowest BCUT2D eigenvalue weighted by Gasteiger charge is -2.22. The predicted molar refractivity (Wildman–Crippen MR) is 147 cm³/mol. The lowest BCUT2D eigenvalue weighted by molar-refractivity contribution is -0.121. The number of aryl methyl sites for hydroxylation is 1. The summed E-state index contributed by atoms with van der Waals surface area (Å²) in [7, 11) is 0. The molecule has 7 nitrogen and oxygen atoms in total. The van der Waals surface area contributed by atoms with Gasteiger partial charge in [0.05, 0.1) is 23.1 Å². The molecule has 1 aliphatic heterocycles. The zero-order valence-electron chi connectivity index (χ0n) is 20.4. The van der Waals surface area contributed by atoms with Crippen LogP contribution in [0, 0.1) is 25.2 Å². The van der Waals surface area contributed by atoms with E-state index >= 15 is 0 Å². The third kappa shape index (κ3) is 4.99. The summed E-state index contributed by atoms with van der Waals surface area (Å²) in [5.74, 6) is -1.61. The Bertz CT molecular complexity index is 1550. The number of carbonyl (C=O) groups is 2. The quantitative estimate of drug-likeness (QED) is 0.280. The number of pyridine rings is 1. The Morgan fingerprint density at radius 3 is 2.41 bits per heavy atom. The Morgan fingerprint density at radius 1 is 1.14 bits per heavy atom. The van der Waals surface area contributed by atoms with E-state index in [0.29, 0.717) is 10.5 Å². The van der Waals surface area contributed by atoms with Crippen LogP contribution in [0.3, 0.4) is 0 Å². The summed E-state index contributed by atoms with van der Waals surface area (Å²) in [6, 6.07) is 17.8. The first-order valence-corrected chi connectivity index (χ1v) is 12.6. The summed E-state index contributed by atoms with van der Waals surface area (Å²) in [5, 5.41) is 20.8. The first-order chi connectivity index (χ1) is 17.6. The molecule has 1 aliphatic rings. The van der Waals surface area contributed by atoms with Gasteiger partial charge in [0, 0.05) is 0 Å². The van der Waals surface area contributed by atoms with E-state index in [9.17, 15) is 24.8 Å². The summed E-state index contributed by atoms with van der Waals surface area (Å²) >= 11 is 6.46. The molecule has 4 rings (SSSR count). The van der Waals surface area contributed by atoms with Gasteiger partial charge >= 0.3 is 0 Å². The first-order valence-electron chi connectivity index (χ1n) is 11.4. The molecule has 0 saturated carbocycles. The van der Waals surface area contributed by atoms with Crippen LogP contribution in [-0.2, 0) is 4.79 Å². The van der Waals surface area contributed by atoms with Crippen molar-refractivity contribution in [1.82, 2.24) is 9.47 Å². The Hall–Kier alpha value is -4.00. The fraction of sp³-hybridized carbons (Fsp3) is 0.179. The van der Waals surface area contributed by atoms with E-state index in [0.717, 1.165) is 27.5 Å². The van der Waals surface area contributed by atoms with Crippen molar-refractivity contribution in [3.8, 4) is 11.9 Å². The maximum Gasteiger partial charge on any atom is 0.272 e. The van der Waals surface area contributed by atoms with Gasteiger partial charge in [-0.15, -0.1) is 0 Å². The standard InChI is InChI=1S/C28H23N3O4S2/c1-16-9-11-19(12-10-16)13-23-26(34)30(28(36)37-23)15-22(32)24-17(2)21(14-29)25(33)31(27(24)35)18(3)20-7-5-4-6-8-20/h4-13,18,35H,15H2,1-3H3/b23-13-. The van der Waals surface area contributed by atoms with E-state index in [-0.39, 0.29) is 21.0 Å². The molecule has 37 heavy (non-hydrogen) atoms. The highest BCUT2D eigenvalue weighted by Gasteiger charge is 2.35. The van der Waals surface area contributed by atoms with Crippen molar-refractivity contribution in [2.75, 3.05) is 6.54 Å². The molecule has 0 bridgehead atoms. The number of rotatable bonds is 6. The molecule has 2 aromatic carbocycles. The van der Waals surface area contributed by atoms with Crippen LogP contribution in [0.25, 0.3) is 6.08 Å². The monoisotopic (exact) mass is 529 g/mol. The van der Waals surface area contributed by atoms with Crippen molar-refractivity contribution in [3.05, 3.63) is 103 Å². The summed E-state index contributed by atoms with van der Waals surface area (Å²) in [4.78, 5) is 41.2. The van der Waals surface area contributed by atoms with Gasteiger partial charge < -0.3 is 5.11 Å². The van der Waals surface area contributed by atoms with Crippen LogP contribution in [0.15, 0.2) is 64.3 Å². The summed E-state index contributed by atoms with van der Waals surface area (Å²) in [6.07, 6.45) is 1.71. The topological polar surface area (TPSA) is 103 Å². The number of aromatic nitrogens is 1. The Morgan fingerprint density at radius 2 is 1.78 bits per heavy atom. The average molecular weight is 530 g/mol. The SMILES string of the molecule is Cc1ccc(/C=C2\SC(=S)N(CC(=O)c3c(C)c(C#N)c(=O)n(C(C)c4ccccc4)c3O)C2=O)cc1. The largest absolute Gasteiger partial charge is 0.494 e. The number of thioether (sulfide) groups is 1. The maximum atomic E-state index is 13.5. The second kappa shape index (κ2) is 10.5. The second-order valence-corrected chi connectivity index (χ2v) is 10.3. The van der Waals surface area contributed by atoms with Crippen molar-refractivity contribution in [2.45, 2.75) is 26.8 Å². The van der Waals surface area contributed by atoms with E-state index < -0.39 is 35.7 Å². The minimum Gasteiger partial charge on any atom is -0.494 e. The number of hydrogen-bond acceptors (Lipinski definition) is 7. The van der Waals surface area contributed by atoms with Gasteiger partial charge in [-0.2, -0.15) is 5.26 Å². The molecular weight excluding hydrogens is 506 g/mol. The molecule has 186 valence electrons. The molecule has 1 N–H and O–H groups in total. The summed E-state index contributed by atoms with van der Waals surface area (Å²) in [5.41, 5.74) is 1.56. The van der Waals surface area contributed by atoms with Gasteiger partial charge in [0.25, 0.3) is 11.5 Å². The van der Waals surface area contributed by atoms with Crippen molar-refractivity contribution in [3.63, 3.8) is 0 Å². The molecular formula is C28H23N3O4S2. The molecule has 2 heterocycles. The highest BCUT2D eigenvalue weighted by atomic mass is 32.2. The normalized spacial score (nSPS) is 15.2. The molecule has 0 aliphatic carbocycles. The molecule has 1 amide bonds. The van der Waals surface area contributed by atoms with Crippen molar-refractivity contribution < 1.29 is 14.7 Å². The molecule has 1 aromatic heterocycles. The molecule has 3 aromatic rings. The van der Waals surface area contributed by atoms with E-state index in [1.54, 1.807) is 37.3 Å². The fourth-order valence-electron chi connectivity index (χ4n) is 4.17. The smallest absolute Gasteiger partial charge is 0.272 e. The Labute approximate surface area is 223 Å². The molecule has 0 radical (unpaired) electrons. The number of nitriles is 1.